The molecule has 1 N–H and O–H groups in total. The molecule has 0 fully saturated rings. The van der Waals surface area contributed by atoms with Crippen LogP contribution in [0.15, 0.2) is 27.5 Å². The van der Waals surface area contributed by atoms with Crippen molar-refractivity contribution in [1.82, 2.24) is 10.1 Å². The van der Waals surface area contributed by atoms with E-state index in [9.17, 15) is 4.79 Å². The van der Waals surface area contributed by atoms with Gasteiger partial charge in [-0.15, -0.1) is 0 Å². The highest BCUT2D eigenvalue weighted by molar-refractivity contribution is 14.1. The van der Waals surface area contributed by atoms with Crippen molar-refractivity contribution in [3.05, 3.63) is 37.3 Å². The fourth-order valence-corrected chi connectivity index (χ4v) is 1.51. The van der Waals surface area contributed by atoms with Gasteiger partial charge in [0.05, 0.1) is 5.02 Å². The lowest BCUT2D eigenvalue weighted by Crippen LogP contribution is -1.94. The number of rotatable bonds is 1. The Morgan fingerprint density at radius 1 is 1.50 bits per heavy atom. The van der Waals surface area contributed by atoms with Gasteiger partial charge in [0.15, 0.2) is 5.82 Å². The number of nitrogens with one attached hydrogen (secondary N) is 1. The summed E-state index contributed by atoms with van der Waals surface area (Å²) in [5.74, 6) is -0.192. The van der Waals surface area contributed by atoms with Crippen LogP contribution in [0.3, 0.4) is 0 Å². The molecular formula is C8H4ClIN2O2. The molecule has 0 bridgehead atoms. The quantitative estimate of drug-likeness (QED) is 0.820. The van der Waals surface area contributed by atoms with Crippen LogP contribution in [-0.4, -0.2) is 10.1 Å². The molecule has 0 spiro atoms. The van der Waals surface area contributed by atoms with Gasteiger partial charge in [0.2, 0.25) is 0 Å². The molecule has 0 amide bonds. The van der Waals surface area contributed by atoms with Gasteiger partial charge in [-0.2, -0.15) is 0 Å². The highest BCUT2D eigenvalue weighted by atomic mass is 127. The largest absolute Gasteiger partial charge is 0.439 e. The minimum atomic E-state index is -0.574. The van der Waals surface area contributed by atoms with Gasteiger partial charge in [0.25, 0.3) is 0 Å². The van der Waals surface area contributed by atoms with E-state index >= 15 is 0 Å². The molecule has 1 heterocycles. The maximum Gasteiger partial charge on any atom is 0.439 e. The number of benzene rings is 1. The lowest BCUT2D eigenvalue weighted by atomic mass is 10.2. The molecule has 2 rings (SSSR count). The second kappa shape index (κ2) is 3.74. The molecule has 2 aromatic rings. The highest BCUT2D eigenvalue weighted by Gasteiger charge is 2.05. The van der Waals surface area contributed by atoms with Crippen molar-refractivity contribution >= 4 is 34.2 Å². The first-order valence-corrected chi connectivity index (χ1v) is 5.14. The maximum absolute atomic E-state index is 10.7. The Morgan fingerprint density at radius 3 is 2.86 bits per heavy atom. The normalized spacial score (nSPS) is 10.4. The van der Waals surface area contributed by atoms with Crippen LogP contribution < -0.4 is 5.76 Å². The molecule has 0 unspecified atom stereocenters. The second-order valence-corrected chi connectivity index (χ2v) is 4.14. The summed E-state index contributed by atoms with van der Waals surface area (Å²) in [7, 11) is 0. The van der Waals surface area contributed by atoms with Crippen LogP contribution in [0.4, 0.5) is 0 Å². The van der Waals surface area contributed by atoms with Crippen molar-refractivity contribution in [2.24, 2.45) is 0 Å². The average molecular weight is 322 g/mol. The van der Waals surface area contributed by atoms with Crippen LogP contribution in [0.5, 0.6) is 0 Å². The zero-order chi connectivity index (χ0) is 10.1. The topological polar surface area (TPSA) is 58.9 Å². The molecule has 1 aromatic carbocycles. The van der Waals surface area contributed by atoms with E-state index < -0.39 is 5.76 Å². The fraction of sp³-hybridized carbons (Fsp3) is 0. The van der Waals surface area contributed by atoms with E-state index in [-0.39, 0.29) is 0 Å². The molecule has 6 heteroatoms. The standard InChI is InChI=1S/C8H4ClIN2O2/c9-5-3-4(1-2-6(5)10)7-11-8(13)14-12-7/h1-3H,(H,11,12,13). The predicted octanol–water partition coefficient (Wildman–Crippen LogP) is 2.29. The smallest absolute Gasteiger partial charge is 0.296 e. The van der Waals surface area contributed by atoms with Gasteiger partial charge in [0, 0.05) is 9.13 Å². The van der Waals surface area contributed by atoms with Gasteiger partial charge >= 0.3 is 5.76 Å². The number of hydrogen-bond acceptors (Lipinski definition) is 3. The Hall–Kier alpha value is -0.820. The number of halogens is 2. The number of hydrogen-bond donors (Lipinski definition) is 1. The SMILES string of the molecule is O=c1[nH]c(-c2ccc(I)c(Cl)c2)no1. The number of H-pyrrole nitrogens is 1. The first-order valence-electron chi connectivity index (χ1n) is 3.68. The average Bonchev–Trinajstić information content (AvgIpc) is 2.57. The van der Waals surface area contributed by atoms with E-state index in [0.29, 0.717) is 10.8 Å². The van der Waals surface area contributed by atoms with E-state index in [1.807, 2.05) is 6.07 Å². The van der Waals surface area contributed by atoms with E-state index in [2.05, 4.69) is 37.3 Å². The van der Waals surface area contributed by atoms with E-state index in [1.54, 1.807) is 12.1 Å². The summed E-state index contributed by atoms with van der Waals surface area (Å²) in [5.41, 5.74) is 0.723. The molecule has 0 aliphatic heterocycles. The number of aromatic nitrogens is 2. The molecule has 14 heavy (non-hydrogen) atoms. The molecule has 72 valence electrons. The minimum absolute atomic E-state index is 0.383. The zero-order valence-electron chi connectivity index (χ0n) is 6.75. The molecular weight excluding hydrogens is 318 g/mol. The summed E-state index contributed by atoms with van der Waals surface area (Å²) >= 11 is 8.03. The van der Waals surface area contributed by atoms with Gasteiger partial charge < -0.3 is 0 Å². The van der Waals surface area contributed by atoms with Gasteiger partial charge in [-0.1, -0.05) is 16.8 Å². The van der Waals surface area contributed by atoms with Gasteiger partial charge in [-0.3, -0.25) is 9.51 Å². The first-order chi connectivity index (χ1) is 6.66. The second-order valence-electron chi connectivity index (χ2n) is 2.57. The molecule has 4 nitrogen and oxygen atoms in total. The predicted molar refractivity (Wildman–Crippen MR) is 60.3 cm³/mol. The van der Waals surface area contributed by atoms with Gasteiger partial charge in [-0.05, 0) is 40.8 Å². The summed E-state index contributed by atoms with van der Waals surface area (Å²) < 4.78 is 5.33. The lowest BCUT2D eigenvalue weighted by molar-refractivity contribution is 0.388. The highest BCUT2D eigenvalue weighted by Crippen LogP contribution is 2.23. The van der Waals surface area contributed by atoms with Crippen molar-refractivity contribution in [2.75, 3.05) is 0 Å². The van der Waals surface area contributed by atoms with E-state index in [1.165, 1.54) is 0 Å². The molecule has 0 radical (unpaired) electrons. The van der Waals surface area contributed by atoms with Gasteiger partial charge in [0.1, 0.15) is 0 Å². The number of nitrogens with zero attached hydrogens (tertiary/aromatic N) is 1. The van der Waals surface area contributed by atoms with Crippen molar-refractivity contribution in [1.29, 1.82) is 0 Å². The Morgan fingerprint density at radius 2 is 2.29 bits per heavy atom. The summed E-state index contributed by atoms with van der Waals surface area (Å²) in [6.45, 7) is 0. The summed E-state index contributed by atoms with van der Waals surface area (Å²) in [6.07, 6.45) is 0. The molecule has 0 atom stereocenters. The van der Waals surface area contributed by atoms with Gasteiger partial charge in [-0.25, -0.2) is 4.79 Å². The maximum atomic E-state index is 10.7. The zero-order valence-corrected chi connectivity index (χ0v) is 9.67. The Labute approximate surface area is 97.4 Å². The molecule has 0 aliphatic rings. The van der Waals surface area contributed by atoms with Crippen LogP contribution >= 0.6 is 34.2 Å². The molecule has 0 aliphatic carbocycles. The lowest BCUT2D eigenvalue weighted by Gasteiger charge is -1.97. The third-order valence-electron chi connectivity index (χ3n) is 1.63. The Balaban J connectivity index is 2.52. The Kier molecular flexibility index (Phi) is 2.60. The summed E-state index contributed by atoms with van der Waals surface area (Å²) in [4.78, 5) is 13.1. The van der Waals surface area contributed by atoms with E-state index in [0.717, 1.165) is 9.13 Å². The van der Waals surface area contributed by atoms with Crippen molar-refractivity contribution in [2.45, 2.75) is 0 Å². The number of aromatic amines is 1. The molecule has 0 saturated carbocycles. The van der Waals surface area contributed by atoms with E-state index in [4.69, 9.17) is 11.6 Å². The van der Waals surface area contributed by atoms with Crippen molar-refractivity contribution in [3.63, 3.8) is 0 Å². The van der Waals surface area contributed by atoms with Crippen LogP contribution in [0, 0.1) is 3.57 Å². The van der Waals surface area contributed by atoms with Crippen LogP contribution in [0.1, 0.15) is 0 Å². The van der Waals surface area contributed by atoms with Crippen LogP contribution in [-0.2, 0) is 0 Å². The third-order valence-corrected chi connectivity index (χ3v) is 3.21. The van der Waals surface area contributed by atoms with Crippen LogP contribution in [0.25, 0.3) is 11.4 Å². The van der Waals surface area contributed by atoms with Crippen molar-refractivity contribution in [3.8, 4) is 11.4 Å². The minimum Gasteiger partial charge on any atom is -0.296 e. The fourth-order valence-electron chi connectivity index (χ4n) is 0.998. The first kappa shape index (κ1) is 9.72. The van der Waals surface area contributed by atoms with Crippen LogP contribution in [0.2, 0.25) is 5.02 Å². The Bertz CT molecular complexity index is 520. The third kappa shape index (κ3) is 1.83. The molecule has 0 saturated heterocycles. The monoisotopic (exact) mass is 322 g/mol. The van der Waals surface area contributed by atoms with Crippen molar-refractivity contribution < 1.29 is 4.52 Å². The summed E-state index contributed by atoms with van der Waals surface area (Å²) in [5, 5.41) is 4.17. The summed E-state index contributed by atoms with van der Waals surface area (Å²) in [6, 6.07) is 5.36. The molecule has 1 aromatic heterocycles.